The zero-order chi connectivity index (χ0) is 21.8. The zero-order valence-corrected chi connectivity index (χ0v) is 18.5. The molecule has 2 aliphatic rings. The molecule has 0 atom stereocenters. The molecule has 0 bridgehead atoms. The van der Waals surface area contributed by atoms with Gasteiger partial charge in [-0.05, 0) is 66.3 Å². The molecule has 1 N–H and O–H groups in total. The molecule has 0 aliphatic carbocycles. The third-order valence-corrected chi connectivity index (χ3v) is 5.95. The number of para-hydroxylation sites is 1. The smallest absolute Gasteiger partial charge is 0.231 e. The SMILES string of the molecule is S=C(Nc1ccc(Oc2ccccc2)cc1)N1CCN(Cc2ccc3c(c2)OCO3)CC1. The molecular formula is C25H25N3O3S. The van der Waals surface area contributed by atoms with Gasteiger partial charge in [0.05, 0.1) is 0 Å². The number of ether oxygens (including phenoxy) is 3. The van der Waals surface area contributed by atoms with Crippen LogP contribution in [0.1, 0.15) is 5.56 Å². The molecule has 2 aliphatic heterocycles. The molecular weight excluding hydrogens is 422 g/mol. The number of nitrogens with zero attached hydrogens (tertiary/aromatic N) is 2. The molecule has 0 amide bonds. The highest BCUT2D eigenvalue weighted by atomic mass is 32.1. The van der Waals surface area contributed by atoms with Crippen LogP contribution in [0, 0.1) is 0 Å². The maximum Gasteiger partial charge on any atom is 0.231 e. The van der Waals surface area contributed by atoms with Gasteiger partial charge in [-0.3, -0.25) is 4.90 Å². The predicted octanol–water partition coefficient (Wildman–Crippen LogP) is 4.72. The summed E-state index contributed by atoms with van der Waals surface area (Å²) < 4.78 is 16.7. The van der Waals surface area contributed by atoms with E-state index in [1.807, 2.05) is 60.7 Å². The van der Waals surface area contributed by atoms with Crippen molar-refractivity contribution in [2.45, 2.75) is 6.54 Å². The summed E-state index contributed by atoms with van der Waals surface area (Å²) in [6.45, 7) is 4.91. The van der Waals surface area contributed by atoms with Crippen molar-refractivity contribution in [2.24, 2.45) is 0 Å². The Hall–Kier alpha value is -3.29. The van der Waals surface area contributed by atoms with Crippen LogP contribution in [0.3, 0.4) is 0 Å². The zero-order valence-electron chi connectivity index (χ0n) is 17.7. The van der Waals surface area contributed by atoms with Gasteiger partial charge in [0.2, 0.25) is 6.79 Å². The average Bonchev–Trinajstić information content (AvgIpc) is 3.29. The number of piperazine rings is 1. The number of fused-ring (bicyclic) bond motifs is 1. The number of hydrogen-bond donors (Lipinski definition) is 1. The molecule has 0 unspecified atom stereocenters. The first-order chi connectivity index (χ1) is 15.7. The number of benzene rings is 3. The summed E-state index contributed by atoms with van der Waals surface area (Å²) in [7, 11) is 0. The third-order valence-electron chi connectivity index (χ3n) is 5.59. The van der Waals surface area contributed by atoms with E-state index in [2.05, 4.69) is 27.2 Å². The number of anilines is 1. The summed E-state index contributed by atoms with van der Waals surface area (Å²) in [5, 5.41) is 4.10. The minimum atomic E-state index is 0.310. The Labute approximate surface area is 193 Å². The molecule has 5 rings (SSSR count). The molecule has 0 spiro atoms. The van der Waals surface area contributed by atoms with Crippen LogP contribution in [0.15, 0.2) is 72.8 Å². The lowest BCUT2D eigenvalue weighted by atomic mass is 10.1. The van der Waals surface area contributed by atoms with E-state index in [4.69, 9.17) is 26.4 Å². The lowest BCUT2D eigenvalue weighted by Gasteiger charge is -2.36. The normalized spacial score (nSPS) is 15.4. The van der Waals surface area contributed by atoms with Crippen LogP contribution in [0.25, 0.3) is 0 Å². The molecule has 1 fully saturated rings. The van der Waals surface area contributed by atoms with Gasteiger partial charge >= 0.3 is 0 Å². The second kappa shape index (κ2) is 9.46. The van der Waals surface area contributed by atoms with Gasteiger partial charge in [-0.1, -0.05) is 24.3 Å². The lowest BCUT2D eigenvalue weighted by Crippen LogP contribution is -2.49. The van der Waals surface area contributed by atoms with Crippen LogP contribution in [-0.4, -0.2) is 47.9 Å². The van der Waals surface area contributed by atoms with E-state index < -0.39 is 0 Å². The highest BCUT2D eigenvalue weighted by Gasteiger charge is 2.20. The molecule has 32 heavy (non-hydrogen) atoms. The molecule has 164 valence electrons. The molecule has 2 heterocycles. The minimum absolute atomic E-state index is 0.310. The lowest BCUT2D eigenvalue weighted by molar-refractivity contribution is 0.173. The summed E-state index contributed by atoms with van der Waals surface area (Å²) in [5.41, 5.74) is 2.19. The first kappa shape index (κ1) is 20.6. The van der Waals surface area contributed by atoms with Gasteiger partial charge in [0.1, 0.15) is 11.5 Å². The molecule has 1 saturated heterocycles. The molecule has 0 aromatic heterocycles. The van der Waals surface area contributed by atoms with Crippen molar-refractivity contribution in [1.29, 1.82) is 0 Å². The van der Waals surface area contributed by atoms with E-state index in [-0.39, 0.29) is 0 Å². The van der Waals surface area contributed by atoms with Crippen molar-refractivity contribution in [3.8, 4) is 23.0 Å². The van der Waals surface area contributed by atoms with Crippen LogP contribution < -0.4 is 19.5 Å². The van der Waals surface area contributed by atoms with Crippen molar-refractivity contribution in [3.05, 3.63) is 78.4 Å². The Bertz CT molecular complexity index is 1070. The standard InChI is InChI=1S/C25H25N3O3S/c32-25(26-20-7-9-22(10-8-20)31-21-4-2-1-3-5-21)28-14-12-27(13-15-28)17-19-6-11-23-24(16-19)30-18-29-23/h1-11,16H,12-15,17-18H2,(H,26,32). The van der Waals surface area contributed by atoms with Crippen molar-refractivity contribution in [3.63, 3.8) is 0 Å². The number of hydrogen-bond acceptors (Lipinski definition) is 5. The Morgan fingerprint density at radius 3 is 2.34 bits per heavy atom. The van der Waals surface area contributed by atoms with Crippen molar-refractivity contribution < 1.29 is 14.2 Å². The van der Waals surface area contributed by atoms with Crippen LogP contribution in [0.4, 0.5) is 5.69 Å². The van der Waals surface area contributed by atoms with Gasteiger partial charge in [0.15, 0.2) is 16.6 Å². The molecule has 0 radical (unpaired) electrons. The van der Waals surface area contributed by atoms with Crippen LogP contribution in [0.2, 0.25) is 0 Å². The van der Waals surface area contributed by atoms with E-state index in [1.165, 1.54) is 5.56 Å². The van der Waals surface area contributed by atoms with Crippen molar-refractivity contribution in [1.82, 2.24) is 9.80 Å². The Morgan fingerprint density at radius 2 is 1.56 bits per heavy atom. The molecule has 0 saturated carbocycles. The predicted molar refractivity (Wildman–Crippen MR) is 129 cm³/mol. The first-order valence-electron chi connectivity index (χ1n) is 10.7. The van der Waals surface area contributed by atoms with E-state index in [0.29, 0.717) is 6.79 Å². The topological polar surface area (TPSA) is 46.2 Å². The van der Waals surface area contributed by atoms with Gasteiger partial charge in [0, 0.05) is 38.4 Å². The summed E-state index contributed by atoms with van der Waals surface area (Å²) in [5.74, 6) is 3.29. The third kappa shape index (κ3) is 4.95. The number of thiocarbonyl (C=S) groups is 1. The second-order valence-electron chi connectivity index (χ2n) is 7.82. The number of nitrogens with one attached hydrogen (secondary N) is 1. The quantitative estimate of drug-likeness (QED) is 0.568. The van der Waals surface area contributed by atoms with Gasteiger partial charge < -0.3 is 24.4 Å². The van der Waals surface area contributed by atoms with Gasteiger partial charge in [-0.15, -0.1) is 0 Å². The largest absolute Gasteiger partial charge is 0.457 e. The maximum absolute atomic E-state index is 5.85. The molecule has 3 aromatic rings. The molecule has 6 nitrogen and oxygen atoms in total. The van der Waals surface area contributed by atoms with Crippen LogP contribution in [-0.2, 0) is 6.54 Å². The first-order valence-corrected chi connectivity index (χ1v) is 11.1. The van der Waals surface area contributed by atoms with Gasteiger partial charge in [0.25, 0.3) is 0 Å². The van der Waals surface area contributed by atoms with Crippen molar-refractivity contribution in [2.75, 3.05) is 38.3 Å². The summed E-state index contributed by atoms with van der Waals surface area (Å²) in [6, 6.07) is 23.8. The minimum Gasteiger partial charge on any atom is -0.457 e. The van der Waals surface area contributed by atoms with E-state index in [0.717, 1.165) is 66.5 Å². The number of rotatable bonds is 5. The molecule has 3 aromatic carbocycles. The highest BCUT2D eigenvalue weighted by molar-refractivity contribution is 7.80. The fourth-order valence-electron chi connectivity index (χ4n) is 3.84. The van der Waals surface area contributed by atoms with Crippen LogP contribution >= 0.6 is 12.2 Å². The second-order valence-corrected chi connectivity index (χ2v) is 8.21. The maximum atomic E-state index is 5.85. The van der Waals surface area contributed by atoms with Gasteiger partial charge in [-0.2, -0.15) is 0 Å². The fraction of sp³-hybridized carbons (Fsp3) is 0.240. The fourth-order valence-corrected chi connectivity index (χ4v) is 4.14. The summed E-state index contributed by atoms with van der Waals surface area (Å²) in [6.07, 6.45) is 0. The van der Waals surface area contributed by atoms with Crippen LogP contribution in [0.5, 0.6) is 23.0 Å². The van der Waals surface area contributed by atoms with E-state index >= 15 is 0 Å². The Kier molecular flexibility index (Phi) is 6.09. The van der Waals surface area contributed by atoms with E-state index in [1.54, 1.807) is 0 Å². The Balaban J connectivity index is 1.10. The summed E-state index contributed by atoms with van der Waals surface area (Å²) in [4.78, 5) is 4.66. The Morgan fingerprint density at radius 1 is 0.844 bits per heavy atom. The molecule has 7 heteroatoms. The highest BCUT2D eigenvalue weighted by Crippen LogP contribution is 2.33. The summed E-state index contributed by atoms with van der Waals surface area (Å²) >= 11 is 5.65. The van der Waals surface area contributed by atoms with E-state index in [9.17, 15) is 0 Å². The average molecular weight is 448 g/mol. The monoisotopic (exact) mass is 447 g/mol. The van der Waals surface area contributed by atoms with Gasteiger partial charge in [-0.25, -0.2) is 0 Å². The van der Waals surface area contributed by atoms with Crippen molar-refractivity contribution >= 4 is 23.0 Å².